The standard InChI is InChI=1S/C20H20N2O3S/c1-13-5-6-18(26-13)14-10-15-12-22(8-9-25-19(15)17(23)11-14)20(24)16-4-3-7-21(16)2/h3-7,10-11,23H,8-9,12H2,1-2H3. The van der Waals surface area contributed by atoms with E-state index in [4.69, 9.17) is 4.74 Å². The van der Waals surface area contributed by atoms with Crippen LogP contribution >= 0.6 is 11.3 Å². The van der Waals surface area contributed by atoms with Crippen molar-refractivity contribution in [1.82, 2.24) is 9.47 Å². The van der Waals surface area contributed by atoms with Gasteiger partial charge in [-0.05, 0) is 48.9 Å². The maximum atomic E-state index is 12.9. The molecule has 0 saturated carbocycles. The van der Waals surface area contributed by atoms with E-state index < -0.39 is 0 Å². The summed E-state index contributed by atoms with van der Waals surface area (Å²) >= 11 is 1.68. The highest BCUT2D eigenvalue weighted by atomic mass is 32.1. The first kappa shape index (κ1) is 16.7. The fourth-order valence-corrected chi connectivity index (χ4v) is 4.10. The second kappa shape index (κ2) is 6.53. The van der Waals surface area contributed by atoms with Crippen LogP contribution in [0.5, 0.6) is 11.5 Å². The Kier molecular flexibility index (Phi) is 4.20. The number of hydrogen-bond acceptors (Lipinski definition) is 4. The Morgan fingerprint density at radius 1 is 1.27 bits per heavy atom. The Morgan fingerprint density at radius 2 is 2.12 bits per heavy atom. The predicted molar refractivity (Wildman–Crippen MR) is 102 cm³/mol. The number of amides is 1. The second-order valence-electron chi connectivity index (χ2n) is 6.47. The molecule has 0 fully saturated rings. The van der Waals surface area contributed by atoms with Gasteiger partial charge in [-0.1, -0.05) is 0 Å². The average Bonchev–Trinajstić information content (AvgIpc) is 3.17. The van der Waals surface area contributed by atoms with E-state index in [1.165, 1.54) is 4.88 Å². The van der Waals surface area contributed by atoms with Crippen molar-refractivity contribution in [2.45, 2.75) is 13.5 Å². The first-order valence-corrected chi connectivity index (χ1v) is 9.30. The molecule has 1 amide bonds. The van der Waals surface area contributed by atoms with Crippen molar-refractivity contribution in [3.05, 3.63) is 58.7 Å². The number of rotatable bonds is 2. The highest BCUT2D eigenvalue weighted by Gasteiger charge is 2.25. The summed E-state index contributed by atoms with van der Waals surface area (Å²) in [5.41, 5.74) is 2.41. The van der Waals surface area contributed by atoms with E-state index in [2.05, 4.69) is 13.0 Å². The van der Waals surface area contributed by atoms with Crippen LogP contribution in [-0.4, -0.2) is 33.6 Å². The third-order valence-corrected chi connectivity index (χ3v) is 5.64. The zero-order valence-corrected chi connectivity index (χ0v) is 15.5. The SMILES string of the molecule is Cc1ccc(-c2cc(O)c3c(c2)CN(C(=O)c2cccn2C)CCO3)s1. The molecule has 1 aromatic carbocycles. The quantitative estimate of drug-likeness (QED) is 0.748. The zero-order chi connectivity index (χ0) is 18.3. The minimum absolute atomic E-state index is 0.0363. The van der Waals surface area contributed by atoms with E-state index >= 15 is 0 Å². The number of thiophene rings is 1. The molecule has 0 saturated heterocycles. The Hall–Kier alpha value is -2.73. The fraction of sp³-hybridized carbons (Fsp3) is 0.250. The maximum absolute atomic E-state index is 12.9. The summed E-state index contributed by atoms with van der Waals surface area (Å²) in [6.45, 7) is 3.30. The first-order chi connectivity index (χ1) is 12.5. The summed E-state index contributed by atoms with van der Waals surface area (Å²) in [7, 11) is 1.86. The van der Waals surface area contributed by atoms with Crippen LogP contribution in [0.15, 0.2) is 42.6 Å². The molecule has 1 N–H and O–H groups in total. The number of ether oxygens (including phenoxy) is 1. The van der Waals surface area contributed by atoms with Gasteiger partial charge in [-0.25, -0.2) is 0 Å². The minimum Gasteiger partial charge on any atom is -0.504 e. The predicted octanol–water partition coefficient (Wildman–Crippen LogP) is 3.80. The highest BCUT2D eigenvalue weighted by Crippen LogP contribution is 2.39. The molecular weight excluding hydrogens is 348 g/mol. The topological polar surface area (TPSA) is 54.7 Å². The van der Waals surface area contributed by atoms with Crippen molar-refractivity contribution < 1.29 is 14.6 Å². The molecule has 4 rings (SSSR count). The van der Waals surface area contributed by atoms with Crippen molar-refractivity contribution in [2.24, 2.45) is 7.05 Å². The van der Waals surface area contributed by atoms with Crippen LogP contribution in [0.4, 0.5) is 0 Å². The number of phenolic OH excluding ortho intramolecular Hbond substituents is 1. The lowest BCUT2D eigenvalue weighted by Gasteiger charge is -2.20. The molecule has 134 valence electrons. The normalized spacial score (nSPS) is 13.8. The van der Waals surface area contributed by atoms with Crippen LogP contribution in [0.3, 0.4) is 0 Å². The molecule has 0 unspecified atom stereocenters. The van der Waals surface area contributed by atoms with Gasteiger partial charge in [0.15, 0.2) is 11.5 Å². The zero-order valence-electron chi connectivity index (χ0n) is 14.7. The fourth-order valence-electron chi connectivity index (χ4n) is 3.25. The molecular formula is C20H20N2O3S. The van der Waals surface area contributed by atoms with Crippen molar-refractivity contribution in [1.29, 1.82) is 0 Å². The first-order valence-electron chi connectivity index (χ1n) is 8.49. The maximum Gasteiger partial charge on any atom is 0.270 e. The van der Waals surface area contributed by atoms with Gasteiger partial charge in [-0.3, -0.25) is 4.79 Å². The van der Waals surface area contributed by atoms with Gasteiger partial charge in [-0.15, -0.1) is 11.3 Å². The Bertz CT molecular complexity index is 973. The summed E-state index contributed by atoms with van der Waals surface area (Å²) in [5, 5.41) is 10.5. The number of aromatic nitrogens is 1. The van der Waals surface area contributed by atoms with Crippen molar-refractivity contribution in [2.75, 3.05) is 13.2 Å². The van der Waals surface area contributed by atoms with Gasteiger partial charge in [0.2, 0.25) is 0 Å². The summed E-state index contributed by atoms with van der Waals surface area (Å²) in [6.07, 6.45) is 1.86. The van der Waals surface area contributed by atoms with Crippen molar-refractivity contribution >= 4 is 17.2 Å². The molecule has 1 aliphatic rings. The van der Waals surface area contributed by atoms with Crippen LogP contribution in [-0.2, 0) is 13.6 Å². The van der Waals surface area contributed by atoms with Crippen LogP contribution in [0.25, 0.3) is 10.4 Å². The number of hydrogen-bond donors (Lipinski definition) is 1. The van der Waals surface area contributed by atoms with Gasteiger partial charge in [0, 0.05) is 35.1 Å². The Labute approximate surface area is 156 Å². The Balaban J connectivity index is 1.70. The molecule has 5 nitrogen and oxygen atoms in total. The number of fused-ring (bicyclic) bond motifs is 1. The lowest BCUT2D eigenvalue weighted by atomic mass is 10.1. The van der Waals surface area contributed by atoms with Crippen LogP contribution in [0.1, 0.15) is 20.9 Å². The molecule has 0 spiro atoms. The van der Waals surface area contributed by atoms with Gasteiger partial charge in [0.05, 0.1) is 6.54 Å². The van der Waals surface area contributed by atoms with Crippen LogP contribution in [0.2, 0.25) is 0 Å². The van der Waals surface area contributed by atoms with E-state index in [9.17, 15) is 9.90 Å². The molecule has 3 heterocycles. The summed E-state index contributed by atoms with van der Waals surface area (Å²) in [6, 6.07) is 11.5. The number of aryl methyl sites for hydroxylation is 2. The van der Waals surface area contributed by atoms with Gasteiger partial charge < -0.3 is 19.3 Å². The highest BCUT2D eigenvalue weighted by molar-refractivity contribution is 7.15. The lowest BCUT2D eigenvalue weighted by molar-refractivity contribution is 0.0723. The van der Waals surface area contributed by atoms with E-state index in [0.717, 1.165) is 16.0 Å². The third kappa shape index (κ3) is 2.97. The monoisotopic (exact) mass is 368 g/mol. The minimum atomic E-state index is -0.0363. The molecule has 3 aromatic rings. The van der Waals surface area contributed by atoms with E-state index in [-0.39, 0.29) is 11.7 Å². The van der Waals surface area contributed by atoms with Crippen molar-refractivity contribution in [3.63, 3.8) is 0 Å². The smallest absolute Gasteiger partial charge is 0.270 e. The number of carbonyl (C=O) groups is 1. The number of nitrogens with zero attached hydrogens (tertiary/aromatic N) is 2. The number of benzene rings is 1. The van der Waals surface area contributed by atoms with Crippen LogP contribution < -0.4 is 4.74 Å². The van der Waals surface area contributed by atoms with Gasteiger partial charge in [0.25, 0.3) is 5.91 Å². The number of phenols is 1. The molecule has 6 heteroatoms. The summed E-state index contributed by atoms with van der Waals surface area (Å²) < 4.78 is 7.57. The van der Waals surface area contributed by atoms with Gasteiger partial charge >= 0.3 is 0 Å². The number of aromatic hydroxyl groups is 1. The van der Waals surface area contributed by atoms with E-state index in [0.29, 0.717) is 31.1 Å². The Morgan fingerprint density at radius 3 is 2.81 bits per heavy atom. The molecule has 0 aliphatic carbocycles. The third-order valence-electron chi connectivity index (χ3n) is 4.59. The van der Waals surface area contributed by atoms with Gasteiger partial charge in [-0.2, -0.15) is 0 Å². The van der Waals surface area contributed by atoms with Crippen molar-refractivity contribution in [3.8, 4) is 21.9 Å². The molecule has 0 radical (unpaired) electrons. The van der Waals surface area contributed by atoms with Gasteiger partial charge in [0.1, 0.15) is 12.3 Å². The lowest BCUT2D eigenvalue weighted by Crippen LogP contribution is -2.33. The summed E-state index contributed by atoms with van der Waals surface area (Å²) in [4.78, 5) is 16.9. The number of carbonyl (C=O) groups excluding carboxylic acids is 1. The molecule has 26 heavy (non-hydrogen) atoms. The second-order valence-corrected chi connectivity index (χ2v) is 7.76. The largest absolute Gasteiger partial charge is 0.504 e. The summed E-state index contributed by atoms with van der Waals surface area (Å²) in [5.74, 6) is 0.562. The molecule has 0 bridgehead atoms. The van der Waals surface area contributed by atoms with E-state index in [1.807, 2.05) is 42.1 Å². The van der Waals surface area contributed by atoms with E-state index in [1.54, 1.807) is 22.3 Å². The average molecular weight is 368 g/mol. The molecule has 1 aliphatic heterocycles. The molecule has 2 aromatic heterocycles. The van der Waals surface area contributed by atoms with Crippen LogP contribution in [0, 0.1) is 6.92 Å². The molecule has 0 atom stereocenters.